The van der Waals surface area contributed by atoms with E-state index in [9.17, 15) is 0 Å². The van der Waals surface area contributed by atoms with E-state index in [0.717, 1.165) is 17.3 Å². The maximum atomic E-state index is 5.23. The molecule has 4 heteroatoms. The van der Waals surface area contributed by atoms with Crippen LogP contribution >= 0.6 is 11.8 Å². The van der Waals surface area contributed by atoms with E-state index in [1.807, 2.05) is 23.9 Å². The van der Waals surface area contributed by atoms with Gasteiger partial charge in [-0.2, -0.15) is 11.8 Å². The first-order valence-corrected chi connectivity index (χ1v) is 5.01. The lowest BCUT2D eigenvalue weighted by Crippen LogP contribution is -2.08. The highest BCUT2D eigenvalue weighted by Crippen LogP contribution is 2.13. The van der Waals surface area contributed by atoms with E-state index in [4.69, 9.17) is 5.84 Å². The molecule has 0 amide bonds. The van der Waals surface area contributed by atoms with Crippen LogP contribution in [-0.2, 0) is 5.75 Å². The van der Waals surface area contributed by atoms with Gasteiger partial charge in [0.1, 0.15) is 5.82 Å². The molecule has 0 aliphatic carbocycles. The van der Waals surface area contributed by atoms with Gasteiger partial charge in [-0.05, 0) is 23.4 Å². The van der Waals surface area contributed by atoms with Crippen molar-refractivity contribution < 1.29 is 0 Å². The van der Waals surface area contributed by atoms with Crippen molar-refractivity contribution in [3.8, 4) is 0 Å². The SMILES string of the molecule is CCSCc1ccnc(NN)c1. The summed E-state index contributed by atoms with van der Waals surface area (Å²) in [5.41, 5.74) is 3.78. The molecule has 3 N–H and O–H groups in total. The van der Waals surface area contributed by atoms with E-state index in [2.05, 4.69) is 17.3 Å². The van der Waals surface area contributed by atoms with E-state index < -0.39 is 0 Å². The van der Waals surface area contributed by atoms with E-state index in [-0.39, 0.29) is 0 Å². The standard InChI is InChI=1S/C8H13N3S/c1-2-12-6-7-3-4-10-8(5-7)11-9/h3-5H,2,6,9H2,1H3,(H,10,11). The van der Waals surface area contributed by atoms with Gasteiger partial charge in [0.05, 0.1) is 0 Å². The summed E-state index contributed by atoms with van der Waals surface area (Å²) >= 11 is 1.88. The maximum Gasteiger partial charge on any atom is 0.140 e. The number of anilines is 1. The normalized spacial score (nSPS) is 9.83. The van der Waals surface area contributed by atoms with Crippen molar-refractivity contribution in [2.24, 2.45) is 5.84 Å². The molecule has 0 aliphatic heterocycles. The molecule has 0 saturated carbocycles. The minimum Gasteiger partial charge on any atom is -0.308 e. The Morgan fingerprint density at radius 1 is 1.67 bits per heavy atom. The van der Waals surface area contributed by atoms with Crippen molar-refractivity contribution >= 4 is 17.6 Å². The quantitative estimate of drug-likeness (QED) is 0.550. The van der Waals surface area contributed by atoms with Gasteiger partial charge in [-0.1, -0.05) is 6.92 Å². The molecule has 3 nitrogen and oxygen atoms in total. The van der Waals surface area contributed by atoms with Crippen molar-refractivity contribution in [3.63, 3.8) is 0 Å². The predicted molar refractivity (Wildman–Crippen MR) is 53.9 cm³/mol. The molecule has 1 rings (SSSR count). The number of aromatic nitrogens is 1. The zero-order valence-electron chi connectivity index (χ0n) is 7.08. The number of nitrogen functional groups attached to an aromatic ring is 1. The van der Waals surface area contributed by atoms with Crippen LogP contribution in [0.5, 0.6) is 0 Å². The van der Waals surface area contributed by atoms with Crippen molar-refractivity contribution in [3.05, 3.63) is 23.9 Å². The first-order chi connectivity index (χ1) is 5.86. The second kappa shape index (κ2) is 5.00. The highest BCUT2D eigenvalue weighted by Gasteiger charge is 1.94. The first kappa shape index (κ1) is 9.35. The Balaban J connectivity index is 2.60. The summed E-state index contributed by atoms with van der Waals surface area (Å²) in [5.74, 6) is 8.11. The molecule has 66 valence electrons. The smallest absolute Gasteiger partial charge is 0.140 e. The van der Waals surface area contributed by atoms with Gasteiger partial charge >= 0.3 is 0 Å². The van der Waals surface area contributed by atoms with E-state index in [1.165, 1.54) is 5.56 Å². The first-order valence-electron chi connectivity index (χ1n) is 3.86. The van der Waals surface area contributed by atoms with Gasteiger partial charge in [0.25, 0.3) is 0 Å². The van der Waals surface area contributed by atoms with Crippen LogP contribution in [-0.4, -0.2) is 10.7 Å². The molecule has 0 saturated heterocycles. The minimum absolute atomic E-state index is 0.726. The van der Waals surface area contributed by atoms with Gasteiger partial charge in [0, 0.05) is 11.9 Å². The van der Waals surface area contributed by atoms with E-state index in [0.29, 0.717) is 0 Å². The third-order valence-electron chi connectivity index (χ3n) is 1.45. The molecule has 0 fully saturated rings. The Kier molecular flexibility index (Phi) is 3.90. The number of pyridine rings is 1. The molecule has 0 spiro atoms. The zero-order chi connectivity index (χ0) is 8.81. The van der Waals surface area contributed by atoms with Gasteiger partial charge < -0.3 is 5.43 Å². The van der Waals surface area contributed by atoms with Crippen LogP contribution in [0.1, 0.15) is 12.5 Å². The highest BCUT2D eigenvalue weighted by molar-refractivity contribution is 7.98. The Labute approximate surface area is 76.7 Å². The van der Waals surface area contributed by atoms with Gasteiger partial charge in [0.15, 0.2) is 0 Å². The Morgan fingerprint density at radius 3 is 3.17 bits per heavy atom. The maximum absolute atomic E-state index is 5.23. The molecule has 0 radical (unpaired) electrons. The summed E-state index contributed by atoms with van der Waals surface area (Å²) in [6.45, 7) is 2.15. The summed E-state index contributed by atoms with van der Waals surface area (Å²) in [4.78, 5) is 4.02. The molecule has 0 atom stereocenters. The van der Waals surface area contributed by atoms with Crippen LogP contribution in [0.4, 0.5) is 5.82 Å². The third-order valence-corrected chi connectivity index (χ3v) is 2.39. The van der Waals surface area contributed by atoms with Crippen LogP contribution < -0.4 is 11.3 Å². The van der Waals surface area contributed by atoms with Crippen LogP contribution in [0.3, 0.4) is 0 Å². The van der Waals surface area contributed by atoms with E-state index >= 15 is 0 Å². The molecule has 0 aromatic carbocycles. The van der Waals surface area contributed by atoms with Crippen molar-refractivity contribution in [1.82, 2.24) is 4.98 Å². The summed E-state index contributed by atoms with van der Waals surface area (Å²) in [6, 6.07) is 3.96. The molecule has 12 heavy (non-hydrogen) atoms. The predicted octanol–water partition coefficient (Wildman–Crippen LogP) is 1.62. The molecule has 0 aliphatic rings. The number of nitrogens with one attached hydrogen (secondary N) is 1. The summed E-state index contributed by atoms with van der Waals surface area (Å²) < 4.78 is 0. The fraction of sp³-hybridized carbons (Fsp3) is 0.375. The van der Waals surface area contributed by atoms with Crippen molar-refractivity contribution in [1.29, 1.82) is 0 Å². The largest absolute Gasteiger partial charge is 0.308 e. The molecule has 0 bridgehead atoms. The topological polar surface area (TPSA) is 50.9 Å². The lowest BCUT2D eigenvalue weighted by atomic mass is 10.3. The summed E-state index contributed by atoms with van der Waals surface area (Å²) in [7, 11) is 0. The average Bonchev–Trinajstić information content (AvgIpc) is 2.15. The van der Waals surface area contributed by atoms with Crippen LogP contribution in [0.25, 0.3) is 0 Å². The zero-order valence-corrected chi connectivity index (χ0v) is 7.90. The lowest BCUT2D eigenvalue weighted by Gasteiger charge is -2.02. The number of rotatable bonds is 4. The number of hydrogen-bond acceptors (Lipinski definition) is 4. The van der Waals surface area contributed by atoms with Gasteiger partial charge in [-0.25, -0.2) is 10.8 Å². The molecule has 1 aromatic rings. The average molecular weight is 183 g/mol. The van der Waals surface area contributed by atoms with E-state index in [1.54, 1.807) is 6.20 Å². The second-order valence-electron chi connectivity index (χ2n) is 2.33. The molecular formula is C8H13N3S. The van der Waals surface area contributed by atoms with Gasteiger partial charge in [0.2, 0.25) is 0 Å². The van der Waals surface area contributed by atoms with Gasteiger partial charge in [-0.3, -0.25) is 0 Å². The fourth-order valence-corrected chi connectivity index (χ4v) is 1.48. The minimum atomic E-state index is 0.726. The van der Waals surface area contributed by atoms with Crippen LogP contribution in [0.2, 0.25) is 0 Å². The van der Waals surface area contributed by atoms with Crippen molar-refractivity contribution in [2.45, 2.75) is 12.7 Å². The number of hydrazine groups is 1. The Bertz CT molecular complexity index is 239. The molecule has 1 heterocycles. The highest BCUT2D eigenvalue weighted by atomic mass is 32.2. The number of nitrogens with two attached hydrogens (primary N) is 1. The van der Waals surface area contributed by atoms with Crippen LogP contribution in [0, 0.1) is 0 Å². The lowest BCUT2D eigenvalue weighted by molar-refractivity contribution is 1.20. The van der Waals surface area contributed by atoms with Crippen molar-refractivity contribution in [2.75, 3.05) is 11.2 Å². The molecule has 1 aromatic heterocycles. The third kappa shape index (κ3) is 2.71. The molecule has 0 unspecified atom stereocenters. The Hall–Kier alpha value is -0.740. The Morgan fingerprint density at radius 2 is 2.50 bits per heavy atom. The second-order valence-corrected chi connectivity index (χ2v) is 3.61. The van der Waals surface area contributed by atoms with Gasteiger partial charge in [-0.15, -0.1) is 0 Å². The molecular weight excluding hydrogens is 170 g/mol. The number of nitrogens with zero attached hydrogens (tertiary/aromatic N) is 1. The monoisotopic (exact) mass is 183 g/mol. The number of thioether (sulfide) groups is 1. The number of hydrogen-bond donors (Lipinski definition) is 2. The summed E-state index contributed by atoms with van der Waals surface area (Å²) in [5, 5.41) is 0. The summed E-state index contributed by atoms with van der Waals surface area (Å²) in [6.07, 6.45) is 1.76. The van der Waals surface area contributed by atoms with Crippen LogP contribution in [0.15, 0.2) is 18.3 Å². The fourth-order valence-electron chi connectivity index (χ4n) is 0.863.